The van der Waals surface area contributed by atoms with Gasteiger partial charge < -0.3 is 14.2 Å². The van der Waals surface area contributed by atoms with Gasteiger partial charge in [0.05, 0.1) is 25.4 Å². The van der Waals surface area contributed by atoms with Crippen LogP contribution in [0.15, 0.2) is 0 Å². The van der Waals surface area contributed by atoms with Crippen LogP contribution in [-0.2, 0) is 23.8 Å². The molecule has 0 amide bonds. The van der Waals surface area contributed by atoms with Crippen molar-refractivity contribution in [2.75, 3.05) is 13.2 Å². The van der Waals surface area contributed by atoms with E-state index in [-0.39, 0.29) is 11.9 Å². The average molecular weight is 385 g/mol. The van der Waals surface area contributed by atoms with E-state index in [0.717, 1.165) is 32.1 Å². The Hall–Kier alpha value is -1.10. The van der Waals surface area contributed by atoms with Gasteiger partial charge in [-0.2, -0.15) is 0 Å². The monoisotopic (exact) mass is 384 g/mol. The predicted octanol–water partition coefficient (Wildman–Crippen LogP) is 5.34. The highest BCUT2D eigenvalue weighted by atomic mass is 16.6. The number of rotatable bonds is 18. The van der Waals surface area contributed by atoms with Gasteiger partial charge in [0.25, 0.3) is 0 Å². The number of unbranched alkanes of at least 4 members (excludes halogenated alkanes) is 8. The second-order valence-corrected chi connectivity index (χ2v) is 7.44. The second kappa shape index (κ2) is 15.9. The second-order valence-electron chi connectivity index (χ2n) is 7.44. The van der Waals surface area contributed by atoms with Crippen molar-refractivity contribution in [1.82, 2.24) is 0 Å². The van der Waals surface area contributed by atoms with Crippen molar-refractivity contribution in [1.29, 1.82) is 0 Å². The Morgan fingerprint density at radius 2 is 1.00 bits per heavy atom. The summed E-state index contributed by atoms with van der Waals surface area (Å²) in [6, 6.07) is 0. The van der Waals surface area contributed by atoms with Crippen molar-refractivity contribution in [3.8, 4) is 0 Å². The highest BCUT2D eigenvalue weighted by molar-refractivity contribution is 5.69. The number of carbonyl (C=O) groups is 2. The van der Waals surface area contributed by atoms with Crippen molar-refractivity contribution in [3.63, 3.8) is 0 Å². The van der Waals surface area contributed by atoms with Crippen molar-refractivity contribution in [3.05, 3.63) is 0 Å². The van der Waals surface area contributed by atoms with Crippen LogP contribution in [-0.4, -0.2) is 37.4 Å². The van der Waals surface area contributed by atoms with Gasteiger partial charge in [-0.15, -0.1) is 0 Å². The minimum absolute atomic E-state index is 0.0616. The molecule has 5 nitrogen and oxygen atoms in total. The van der Waals surface area contributed by atoms with E-state index in [1.165, 1.54) is 44.9 Å². The SMILES string of the molecule is CCOC(=O)CCCCCCCCC1OC1CCCCCCC(=O)OCC. The summed E-state index contributed by atoms with van der Waals surface area (Å²) in [5.74, 6) is -0.129. The van der Waals surface area contributed by atoms with Crippen LogP contribution in [0.4, 0.5) is 0 Å². The first-order valence-electron chi connectivity index (χ1n) is 11.1. The first kappa shape index (κ1) is 23.9. The fourth-order valence-corrected chi connectivity index (χ4v) is 3.44. The van der Waals surface area contributed by atoms with Crippen LogP contribution < -0.4 is 0 Å². The van der Waals surface area contributed by atoms with Gasteiger partial charge >= 0.3 is 11.9 Å². The minimum atomic E-state index is -0.0675. The molecule has 2 unspecified atom stereocenters. The Bertz CT molecular complexity index is 396. The lowest BCUT2D eigenvalue weighted by molar-refractivity contribution is -0.144. The standard InChI is InChI=1S/C22H40O5/c1-3-25-21(23)17-13-8-6-5-7-11-15-19-20(27-19)16-12-9-10-14-18-22(24)26-4-2/h19-20H,3-18H2,1-2H3. The summed E-state index contributed by atoms with van der Waals surface area (Å²) >= 11 is 0. The third kappa shape index (κ3) is 13.7. The maximum absolute atomic E-state index is 11.2. The molecule has 1 fully saturated rings. The molecular formula is C22H40O5. The Labute approximate surface area is 165 Å². The van der Waals surface area contributed by atoms with Crippen LogP contribution in [0.25, 0.3) is 0 Å². The molecule has 27 heavy (non-hydrogen) atoms. The highest BCUT2D eigenvalue weighted by Gasteiger charge is 2.36. The lowest BCUT2D eigenvalue weighted by Gasteiger charge is -2.02. The van der Waals surface area contributed by atoms with Gasteiger partial charge in [-0.1, -0.05) is 51.4 Å². The zero-order valence-corrected chi connectivity index (χ0v) is 17.5. The molecule has 1 saturated heterocycles. The number of hydrogen-bond donors (Lipinski definition) is 0. The molecule has 0 spiro atoms. The Kier molecular flexibility index (Phi) is 14.1. The lowest BCUT2D eigenvalue weighted by atomic mass is 10.0. The summed E-state index contributed by atoms with van der Waals surface area (Å²) in [7, 11) is 0. The van der Waals surface area contributed by atoms with E-state index in [2.05, 4.69) is 0 Å². The molecule has 2 atom stereocenters. The summed E-state index contributed by atoms with van der Waals surface area (Å²) in [5.41, 5.74) is 0. The molecule has 0 aliphatic carbocycles. The van der Waals surface area contributed by atoms with Gasteiger partial charge in [-0.05, 0) is 39.5 Å². The van der Waals surface area contributed by atoms with Crippen molar-refractivity contribution in [2.45, 2.75) is 116 Å². The zero-order chi connectivity index (χ0) is 19.7. The summed E-state index contributed by atoms with van der Waals surface area (Å²) in [6.07, 6.45) is 15.9. The molecule has 0 N–H and O–H groups in total. The van der Waals surface area contributed by atoms with E-state index >= 15 is 0 Å². The molecule has 1 rings (SSSR count). The topological polar surface area (TPSA) is 65.1 Å². The van der Waals surface area contributed by atoms with Crippen LogP contribution in [0.3, 0.4) is 0 Å². The molecular weight excluding hydrogens is 344 g/mol. The maximum Gasteiger partial charge on any atom is 0.305 e. The van der Waals surface area contributed by atoms with Gasteiger partial charge in [-0.3, -0.25) is 9.59 Å². The van der Waals surface area contributed by atoms with E-state index in [4.69, 9.17) is 14.2 Å². The van der Waals surface area contributed by atoms with Gasteiger partial charge in [0.15, 0.2) is 0 Å². The van der Waals surface area contributed by atoms with Gasteiger partial charge in [-0.25, -0.2) is 0 Å². The molecule has 0 aromatic heterocycles. The van der Waals surface area contributed by atoms with E-state index in [0.29, 0.717) is 38.3 Å². The molecule has 0 radical (unpaired) electrons. The molecule has 5 heteroatoms. The van der Waals surface area contributed by atoms with Crippen molar-refractivity contribution in [2.24, 2.45) is 0 Å². The maximum atomic E-state index is 11.2. The number of carbonyl (C=O) groups excluding carboxylic acids is 2. The number of esters is 2. The Morgan fingerprint density at radius 1 is 0.630 bits per heavy atom. The quantitative estimate of drug-likeness (QED) is 0.181. The fourth-order valence-electron chi connectivity index (χ4n) is 3.44. The summed E-state index contributed by atoms with van der Waals surface area (Å²) in [5, 5.41) is 0. The number of hydrogen-bond acceptors (Lipinski definition) is 5. The molecule has 0 aromatic rings. The third-order valence-corrected chi connectivity index (χ3v) is 5.04. The molecule has 0 saturated carbocycles. The van der Waals surface area contributed by atoms with Crippen molar-refractivity contribution >= 4 is 11.9 Å². The first-order chi connectivity index (χ1) is 13.2. The number of ether oxygens (including phenoxy) is 3. The smallest absolute Gasteiger partial charge is 0.305 e. The van der Waals surface area contributed by atoms with Gasteiger partial charge in [0, 0.05) is 12.8 Å². The third-order valence-electron chi connectivity index (χ3n) is 5.04. The largest absolute Gasteiger partial charge is 0.466 e. The van der Waals surface area contributed by atoms with Gasteiger partial charge in [0.2, 0.25) is 0 Å². The molecule has 1 aliphatic heterocycles. The van der Waals surface area contributed by atoms with E-state index < -0.39 is 0 Å². The lowest BCUT2D eigenvalue weighted by Crippen LogP contribution is -2.03. The van der Waals surface area contributed by atoms with E-state index in [1.54, 1.807) is 0 Å². The molecule has 0 aromatic carbocycles. The van der Waals surface area contributed by atoms with Crippen molar-refractivity contribution < 1.29 is 23.8 Å². The predicted molar refractivity (Wildman–Crippen MR) is 107 cm³/mol. The normalized spacial score (nSPS) is 18.3. The molecule has 1 aliphatic rings. The Balaban J connectivity index is 1.78. The minimum Gasteiger partial charge on any atom is -0.466 e. The van der Waals surface area contributed by atoms with Crippen LogP contribution in [0.2, 0.25) is 0 Å². The van der Waals surface area contributed by atoms with Crippen LogP contribution in [0.1, 0.15) is 104 Å². The first-order valence-corrected chi connectivity index (χ1v) is 11.1. The number of epoxide rings is 1. The average Bonchev–Trinajstić information content (AvgIpc) is 3.39. The van der Waals surface area contributed by atoms with Crippen LogP contribution in [0.5, 0.6) is 0 Å². The highest BCUT2D eigenvalue weighted by Crippen LogP contribution is 2.31. The van der Waals surface area contributed by atoms with Crippen LogP contribution >= 0.6 is 0 Å². The Morgan fingerprint density at radius 3 is 1.41 bits per heavy atom. The summed E-state index contributed by atoms with van der Waals surface area (Å²) in [4.78, 5) is 22.4. The summed E-state index contributed by atoms with van der Waals surface area (Å²) in [6.45, 7) is 4.66. The molecule has 0 bridgehead atoms. The fraction of sp³-hybridized carbons (Fsp3) is 0.909. The molecule has 158 valence electrons. The van der Waals surface area contributed by atoms with E-state index in [9.17, 15) is 9.59 Å². The van der Waals surface area contributed by atoms with E-state index in [1.807, 2.05) is 13.8 Å². The zero-order valence-electron chi connectivity index (χ0n) is 17.5. The summed E-state index contributed by atoms with van der Waals surface area (Å²) < 4.78 is 15.6. The molecule has 1 heterocycles. The van der Waals surface area contributed by atoms with Gasteiger partial charge in [0.1, 0.15) is 0 Å². The van der Waals surface area contributed by atoms with Crippen LogP contribution in [0, 0.1) is 0 Å².